The molecule has 0 aromatic heterocycles. The highest BCUT2D eigenvalue weighted by atomic mass is 35.5. The van der Waals surface area contributed by atoms with Crippen molar-refractivity contribution in [3.05, 3.63) is 88.9 Å². The summed E-state index contributed by atoms with van der Waals surface area (Å²) in [4.78, 5) is 29.2. The fourth-order valence-electron chi connectivity index (χ4n) is 5.19. The molecule has 0 spiro atoms. The molecule has 224 valence electrons. The van der Waals surface area contributed by atoms with Crippen molar-refractivity contribution in [2.45, 2.75) is 69.5 Å². The molecule has 0 aliphatic heterocycles. The minimum atomic E-state index is -4.16. The van der Waals surface area contributed by atoms with Crippen molar-refractivity contribution in [2.24, 2.45) is 0 Å². The molecule has 3 aromatic rings. The van der Waals surface area contributed by atoms with Crippen LogP contribution in [0.3, 0.4) is 0 Å². The number of rotatable bonds is 12. The number of benzene rings is 3. The Bertz CT molecular complexity index is 1460. The quantitative estimate of drug-likeness (QED) is 0.283. The van der Waals surface area contributed by atoms with Gasteiger partial charge in [-0.15, -0.1) is 0 Å². The van der Waals surface area contributed by atoms with Gasteiger partial charge in [-0.25, -0.2) is 8.42 Å². The van der Waals surface area contributed by atoms with Crippen molar-refractivity contribution in [3.63, 3.8) is 0 Å². The third-order valence-electron chi connectivity index (χ3n) is 7.60. The molecule has 0 heterocycles. The third kappa shape index (κ3) is 7.63. The number of ether oxygens (including phenoxy) is 1. The number of hydrogen-bond acceptors (Lipinski definition) is 5. The average molecular weight is 612 g/mol. The molecule has 0 radical (unpaired) electrons. The van der Waals surface area contributed by atoms with E-state index in [0.717, 1.165) is 41.1 Å². The monoisotopic (exact) mass is 611 g/mol. The van der Waals surface area contributed by atoms with Gasteiger partial charge in [-0.2, -0.15) is 0 Å². The second kappa shape index (κ2) is 14.1. The molecule has 1 saturated carbocycles. The summed E-state index contributed by atoms with van der Waals surface area (Å²) in [5.74, 6) is -0.0479. The van der Waals surface area contributed by atoms with Crippen molar-refractivity contribution in [1.29, 1.82) is 0 Å². The molecular weight excluding hydrogens is 574 g/mol. The summed E-state index contributed by atoms with van der Waals surface area (Å²) in [5.41, 5.74) is 2.08. The van der Waals surface area contributed by atoms with E-state index >= 15 is 0 Å². The number of nitrogens with one attached hydrogen (secondary N) is 1. The van der Waals surface area contributed by atoms with Crippen LogP contribution in [0.25, 0.3) is 0 Å². The first-order valence-corrected chi connectivity index (χ1v) is 16.0. The number of carbonyl (C=O) groups excluding carboxylic acids is 2. The van der Waals surface area contributed by atoms with Crippen LogP contribution in [0.4, 0.5) is 5.69 Å². The molecule has 1 aliphatic carbocycles. The fraction of sp³-hybridized carbons (Fsp3) is 0.375. The van der Waals surface area contributed by atoms with Crippen LogP contribution in [-0.4, -0.2) is 50.9 Å². The first kappa shape index (κ1) is 31.4. The maximum atomic E-state index is 14.2. The molecule has 0 saturated heterocycles. The molecule has 1 aliphatic rings. The van der Waals surface area contributed by atoms with Crippen molar-refractivity contribution in [2.75, 3.05) is 18.0 Å². The van der Waals surface area contributed by atoms with Crippen LogP contribution in [0, 0.1) is 6.92 Å². The highest BCUT2D eigenvalue weighted by molar-refractivity contribution is 7.92. The van der Waals surface area contributed by atoms with Crippen LogP contribution in [-0.2, 0) is 26.2 Å². The van der Waals surface area contributed by atoms with Crippen LogP contribution in [0.1, 0.15) is 50.2 Å². The first-order chi connectivity index (χ1) is 20.1. The lowest BCUT2D eigenvalue weighted by Crippen LogP contribution is -2.53. The number of nitrogens with zero attached hydrogens (tertiary/aromatic N) is 2. The standard InChI is InChI=1S/C32H38ClN3O5S/c1-4-30(32(38)34-26-7-5-6-8-26)35(21-24-11-17-28(41-3)18-12-24)31(37)22-36(27-15-9-23(2)10-16-27)42(39,40)29-19-13-25(33)14-20-29/h9-20,26,30H,4-8,21-22H2,1-3H3,(H,34,38)/t30-/m0/s1. The Morgan fingerprint density at radius 1 is 0.976 bits per heavy atom. The fourth-order valence-corrected chi connectivity index (χ4v) is 6.73. The number of hydrogen-bond donors (Lipinski definition) is 1. The molecule has 4 rings (SSSR count). The van der Waals surface area contributed by atoms with Gasteiger partial charge in [0, 0.05) is 17.6 Å². The molecular formula is C32H38ClN3O5S. The molecule has 3 aromatic carbocycles. The maximum Gasteiger partial charge on any atom is 0.264 e. The number of methoxy groups -OCH3 is 1. The smallest absolute Gasteiger partial charge is 0.264 e. The van der Waals surface area contributed by atoms with E-state index < -0.39 is 28.5 Å². The molecule has 42 heavy (non-hydrogen) atoms. The number of halogens is 1. The second-order valence-electron chi connectivity index (χ2n) is 10.6. The van der Waals surface area contributed by atoms with Crippen LogP contribution in [0.5, 0.6) is 5.75 Å². The summed E-state index contributed by atoms with van der Waals surface area (Å²) in [6.45, 7) is 3.40. The lowest BCUT2D eigenvalue weighted by atomic mass is 10.1. The van der Waals surface area contributed by atoms with Crippen LogP contribution < -0.4 is 14.4 Å². The summed E-state index contributed by atoms with van der Waals surface area (Å²) >= 11 is 6.02. The Morgan fingerprint density at radius 3 is 2.17 bits per heavy atom. The van der Waals surface area contributed by atoms with Gasteiger partial charge in [-0.05, 0) is 80.3 Å². The van der Waals surface area contributed by atoms with Gasteiger partial charge in [0.15, 0.2) is 0 Å². The van der Waals surface area contributed by atoms with Crippen molar-refractivity contribution >= 4 is 39.1 Å². The lowest BCUT2D eigenvalue weighted by Gasteiger charge is -2.33. The van der Waals surface area contributed by atoms with Crippen LogP contribution >= 0.6 is 11.6 Å². The highest BCUT2D eigenvalue weighted by Crippen LogP contribution is 2.27. The maximum absolute atomic E-state index is 14.2. The largest absolute Gasteiger partial charge is 0.497 e. The first-order valence-electron chi connectivity index (χ1n) is 14.2. The number of aryl methyl sites for hydroxylation is 1. The van der Waals surface area contributed by atoms with Gasteiger partial charge in [-0.1, -0.05) is 61.2 Å². The summed E-state index contributed by atoms with van der Waals surface area (Å²) in [6.07, 6.45) is 4.31. The molecule has 1 N–H and O–H groups in total. The van der Waals surface area contributed by atoms with E-state index in [0.29, 0.717) is 22.9 Å². The Labute approximate surface area is 253 Å². The van der Waals surface area contributed by atoms with Gasteiger partial charge in [0.25, 0.3) is 10.0 Å². The summed E-state index contributed by atoms with van der Waals surface area (Å²) in [7, 11) is -2.58. The van der Waals surface area contributed by atoms with E-state index in [-0.39, 0.29) is 23.4 Å². The SMILES string of the molecule is CC[C@@H](C(=O)NC1CCCC1)N(Cc1ccc(OC)cc1)C(=O)CN(c1ccc(C)cc1)S(=O)(=O)c1ccc(Cl)cc1. The zero-order chi connectivity index (χ0) is 30.3. The number of sulfonamides is 1. The Hall–Kier alpha value is -3.56. The summed E-state index contributed by atoms with van der Waals surface area (Å²) < 4.78 is 34.2. The van der Waals surface area contributed by atoms with E-state index in [2.05, 4.69) is 5.32 Å². The van der Waals surface area contributed by atoms with Gasteiger partial charge in [0.2, 0.25) is 11.8 Å². The van der Waals surface area contributed by atoms with Gasteiger partial charge in [0.1, 0.15) is 18.3 Å². The minimum Gasteiger partial charge on any atom is -0.497 e. The van der Waals surface area contributed by atoms with E-state index in [1.54, 1.807) is 43.5 Å². The van der Waals surface area contributed by atoms with E-state index in [9.17, 15) is 18.0 Å². The minimum absolute atomic E-state index is 0.00740. The number of amides is 2. The summed E-state index contributed by atoms with van der Waals surface area (Å²) in [5, 5.41) is 3.52. The topological polar surface area (TPSA) is 96.0 Å². The van der Waals surface area contributed by atoms with Crippen molar-refractivity contribution in [3.8, 4) is 5.75 Å². The van der Waals surface area contributed by atoms with E-state index in [1.807, 2.05) is 26.0 Å². The third-order valence-corrected chi connectivity index (χ3v) is 9.64. The predicted octanol–water partition coefficient (Wildman–Crippen LogP) is 5.72. The lowest BCUT2D eigenvalue weighted by molar-refractivity contribution is -0.140. The number of carbonyl (C=O) groups is 2. The zero-order valence-corrected chi connectivity index (χ0v) is 25.8. The van der Waals surface area contributed by atoms with Gasteiger partial charge in [0.05, 0.1) is 17.7 Å². The van der Waals surface area contributed by atoms with Gasteiger partial charge in [-0.3, -0.25) is 13.9 Å². The van der Waals surface area contributed by atoms with Crippen LogP contribution in [0.2, 0.25) is 5.02 Å². The Morgan fingerprint density at radius 2 is 1.60 bits per heavy atom. The second-order valence-corrected chi connectivity index (χ2v) is 12.9. The highest BCUT2D eigenvalue weighted by Gasteiger charge is 2.34. The van der Waals surface area contributed by atoms with Gasteiger partial charge >= 0.3 is 0 Å². The molecule has 1 atom stereocenters. The average Bonchev–Trinajstić information content (AvgIpc) is 3.49. The van der Waals surface area contributed by atoms with Crippen LogP contribution in [0.15, 0.2) is 77.7 Å². The normalized spacial score (nSPS) is 14.3. The molecule has 2 amide bonds. The summed E-state index contributed by atoms with van der Waals surface area (Å²) in [6, 6.07) is 19.3. The molecule has 1 fully saturated rings. The molecule has 8 nitrogen and oxygen atoms in total. The Balaban J connectivity index is 1.70. The molecule has 0 bridgehead atoms. The van der Waals surface area contributed by atoms with E-state index in [1.165, 1.54) is 29.2 Å². The molecule has 10 heteroatoms. The zero-order valence-electron chi connectivity index (χ0n) is 24.3. The predicted molar refractivity (Wildman–Crippen MR) is 165 cm³/mol. The van der Waals surface area contributed by atoms with Crippen molar-refractivity contribution in [1.82, 2.24) is 10.2 Å². The number of anilines is 1. The molecule has 0 unspecified atom stereocenters. The van der Waals surface area contributed by atoms with Gasteiger partial charge < -0.3 is 15.0 Å². The van der Waals surface area contributed by atoms with Crippen molar-refractivity contribution < 1.29 is 22.7 Å². The van der Waals surface area contributed by atoms with E-state index in [4.69, 9.17) is 16.3 Å². The Kier molecular flexibility index (Phi) is 10.5.